The van der Waals surface area contributed by atoms with Crippen molar-refractivity contribution in [2.45, 2.75) is 12.5 Å². The van der Waals surface area contributed by atoms with E-state index < -0.39 is 6.10 Å². The fourth-order valence-corrected chi connectivity index (χ4v) is 6.31. The predicted molar refractivity (Wildman–Crippen MR) is 152 cm³/mol. The Balaban J connectivity index is 1.51. The van der Waals surface area contributed by atoms with Gasteiger partial charge in [-0.05, 0) is 58.0 Å². The highest BCUT2D eigenvalue weighted by Gasteiger charge is 2.33. The lowest BCUT2D eigenvalue weighted by Crippen LogP contribution is -2.35. The molecule has 0 spiro atoms. The van der Waals surface area contributed by atoms with Gasteiger partial charge in [0.25, 0.3) is 5.91 Å². The van der Waals surface area contributed by atoms with Crippen LogP contribution < -0.4 is 9.47 Å². The molecule has 188 valence electrons. The second-order valence-corrected chi connectivity index (χ2v) is 11.0. The molecule has 0 N–H and O–H groups in total. The molecule has 37 heavy (non-hydrogen) atoms. The van der Waals surface area contributed by atoms with Gasteiger partial charge in [-0.15, -0.1) is 0 Å². The molecule has 1 amide bonds. The van der Waals surface area contributed by atoms with Crippen LogP contribution in [0.5, 0.6) is 11.6 Å². The first-order valence-corrected chi connectivity index (χ1v) is 15.9. The minimum atomic E-state index is -0.613. The number of carbonyl (C=O) groups is 2. The van der Waals surface area contributed by atoms with E-state index in [1.807, 2.05) is 29.7 Å². The summed E-state index contributed by atoms with van der Waals surface area (Å²) in [6.07, 6.45) is 6.84. The number of amides is 1. The van der Waals surface area contributed by atoms with Gasteiger partial charge in [0, 0.05) is 36.5 Å². The zero-order valence-electron chi connectivity index (χ0n) is 19.9. The Bertz CT molecular complexity index is 1560. The Morgan fingerprint density at radius 3 is 2.89 bits per heavy atom. The van der Waals surface area contributed by atoms with Crippen LogP contribution in [0.4, 0.5) is 0 Å². The minimum absolute atomic E-state index is 0.0836. The fourth-order valence-electron chi connectivity index (χ4n) is 4.77. The lowest BCUT2D eigenvalue weighted by atomic mass is 10.0. The van der Waals surface area contributed by atoms with Gasteiger partial charge in [0.2, 0.25) is 5.88 Å². The average molecular weight is 627 g/mol. The third-order valence-corrected chi connectivity index (χ3v) is 8.57. The maximum Gasteiger partial charge on any atom is 0.263 e. The molecule has 2 aromatic carbocycles. The van der Waals surface area contributed by atoms with Gasteiger partial charge < -0.3 is 14.4 Å². The first kappa shape index (κ1) is 24.1. The van der Waals surface area contributed by atoms with Crippen LogP contribution in [0.2, 0.25) is 0 Å². The third-order valence-electron chi connectivity index (χ3n) is 6.70. The number of fused-ring (bicyclic) bond motifs is 6. The van der Waals surface area contributed by atoms with Gasteiger partial charge in [-0.1, -0.05) is 18.2 Å². The molecular formula is C26H23IN5O4P. The number of aryl methyl sites for hydroxylation is 1. The second-order valence-electron chi connectivity index (χ2n) is 8.92. The molecule has 6 rings (SSSR count). The molecule has 0 aliphatic carbocycles. The number of nitrogens with zero attached hydrogens (tertiary/aromatic N) is 5. The van der Waals surface area contributed by atoms with Crippen molar-refractivity contribution in [3.05, 3.63) is 59.4 Å². The molecule has 2 atom stereocenters. The summed E-state index contributed by atoms with van der Waals surface area (Å²) in [6.45, 7) is 1.36. The Morgan fingerprint density at radius 2 is 2.05 bits per heavy atom. The Labute approximate surface area is 227 Å². The van der Waals surface area contributed by atoms with Crippen molar-refractivity contribution in [2.75, 3.05) is 19.7 Å². The summed E-state index contributed by atoms with van der Waals surface area (Å²) in [7, 11) is 1.85. The minimum Gasteiger partial charge on any atom is -0.480 e. The van der Waals surface area contributed by atoms with Gasteiger partial charge in [-0.2, -0.15) is 10.2 Å². The van der Waals surface area contributed by atoms with Gasteiger partial charge in [0.15, 0.2) is 6.10 Å². The molecule has 0 saturated carbocycles. The van der Waals surface area contributed by atoms with Crippen LogP contribution in [0.25, 0.3) is 34.2 Å². The Morgan fingerprint density at radius 1 is 1.16 bits per heavy atom. The zero-order valence-corrected chi connectivity index (χ0v) is 23.1. The number of hydrogen-bond acceptors (Lipinski definition) is 6. The quantitative estimate of drug-likeness (QED) is 0.184. The highest BCUT2D eigenvalue weighted by atomic mass is 127. The lowest BCUT2D eigenvalue weighted by molar-refractivity contribution is -0.133. The molecule has 1 saturated heterocycles. The van der Waals surface area contributed by atoms with E-state index in [0.29, 0.717) is 49.7 Å². The van der Waals surface area contributed by atoms with Crippen LogP contribution in [-0.4, -0.2) is 62.2 Å². The third kappa shape index (κ3) is 4.42. The van der Waals surface area contributed by atoms with Crippen LogP contribution in [0.3, 0.4) is 0 Å². The van der Waals surface area contributed by atoms with E-state index in [4.69, 9.17) is 14.6 Å². The van der Waals surface area contributed by atoms with E-state index in [2.05, 4.69) is 45.3 Å². The van der Waals surface area contributed by atoms with Crippen molar-refractivity contribution in [2.24, 2.45) is 7.05 Å². The summed E-state index contributed by atoms with van der Waals surface area (Å²) in [5.74, 6) is 1.07. The molecule has 9 nitrogen and oxygen atoms in total. The number of benzene rings is 2. The molecule has 11 heteroatoms. The van der Waals surface area contributed by atoms with Crippen molar-refractivity contribution in [1.29, 1.82) is 0 Å². The number of rotatable bonds is 2. The molecular weight excluding hydrogens is 604 g/mol. The lowest BCUT2D eigenvalue weighted by Gasteiger charge is -2.18. The fraction of sp³-hybridized carbons (Fsp3) is 0.231. The first-order valence-electron chi connectivity index (χ1n) is 11.8. The van der Waals surface area contributed by atoms with Gasteiger partial charge in [0.05, 0.1) is 35.9 Å². The number of hydrogen-bond donors (Lipinski definition) is 0. The molecule has 2 aliphatic heterocycles. The molecule has 2 aliphatic rings. The van der Waals surface area contributed by atoms with Crippen LogP contribution in [-0.2, 0) is 11.8 Å². The normalized spacial score (nSPS) is 18.5. The molecule has 4 bridgehead atoms. The summed E-state index contributed by atoms with van der Waals surface area (Å²) < 4.78 is 16.0. The standard InChI is InChI=1S/C26H23IN5O4P/c1-30-26-20(14-28-30)18-5-7-22-19(13-18)21(29-32(22)37-27)6-4-17-3-2-16(15-33)12-24(17)36-23-8-9-31(25(23)34)10-11-35-26/h2-7,12-15,23,37H,8-11H2,1H3/b6-4+. The van der Waals surface area contributed by atoms with E-state index in [1.54, 1.807) is 27.9 Å². The largest absolute Gasteiger partial charge is 0.480 e. The molecule has 2 unspecified atom stereocenters. The van der Waals surface area contributed by atoms with Gasteiger partial charge in [-0.3, -0.25) is 9.59 Å². The van der Waals surface area contributed by atoms with Crippen molar-refractivity contribution in [3.8, 4) is 22.8 Å². The van der Waals surface area contributed by atoms with Gasteiger partial charge >= 0.3 is 0 Å². The van der Waals surface area contributed by atoms with E-state index in [9.17, 15) is 9.59 Å². The van der Waals surface area contributed by atoms with Crippen LogP contribution >= 0.6 is 28.4 Å². The summed E-state index contributed by atoms with van der Waals surface area (Å²) in [5.41, 5.74) is 4.96. The topological polar surface area (TPSA) is 91.5 Å². The zero-order chi connectivity index (χ0) is 25.5. The van der Waals surface area contributed by atoms with E-state index >= 15 is 0 Å². The van der Waals surface area contributed by atoms with Crippen LogP contribution in [0.15, 0.2) is 42.6 Å². The summed E-state index contributed by atoms with van der Waals surface area (Å²) in [5, 5.41) is 10.3. The predicted octanol–water partition coefficient (Wildman–Crippen LogP) is 4.58. The Kier molecular flexibility index (Phi) is 6.46. The van der Waals surface area contributed by atoms with E-state index in [1.165, 1.54) is 0 Å². The van der Waals surface area contributed by atoms with Gasteiger partial charge in [-0.25, -0.2) is 9.13 Å². The average Bonchev–Trinajstić information content (AvgIpc) is 3.58. The Hall–Kier alpha value is -3.24. The SMILES string of the molecule is Cn1ncc2c1OCCN1CCC(Oc3cc(C=O)ccc3/C=C/c3nn(PI)c4ccc-2cc34)C1=O. The summed E-state index contributed by atoms with van der Waals surface area (Å²) in [4.78, 5) is 26.3. The molecule has 0 radical (unpaired) electrons. The molecule has 4 aromatic rings. The van der Waals surface area contributed by atoms with E-state index in [0.717, 1.165) is 39.6 Å². The molecule has 4 heterocycles. The molecule has 2 aromatic heterocycles. The van der Waals surface area contributed by atoms with Gasteiger partial charge in [0.1, 0.15) is 18.6 Å². The van der Waals surface area contributed by atoms with Crippen molar-refractivity contribution in [1.82, 2.24) is 24.2 Å². The smallest absolute Gasteiger partial charge is 0.263 e. The number of carbonyl (C=O) groups excluding carboxylic acids is 2. The maximum absolute atomic E-state index is 13.1. The van der Waals surface area contributed by atoms with Crippen LogP contribution in [0.1, 0.15) is 28.0 Å². The number of aromatic nitrogens is 4. The number of aldehydes is 1. The van der Waals surface area contributed by atoms with Crippen molar-refractivity contribution in [3.63, 3.8) is 0 Å². The second kappa shape index (κ2) is 9.90. The van der Waals surface area contributed by atoms with E-state index in [-0.39, 0.29) is 5.91 Å². The number of ether oxygens (including phenoxy) is 2. The monoisotopic (exact) mass is 627 g/mol. The van der Waals surface area contributed by atoms with Crippen molar-refractivity contribution < 1.29 is 19.1 Å². The molecule has 1 fully saturated rings. The number of halogens is 1. The van der Waals surface area contributed by atoms with Crippen LogP contribution in [0, 0.1) is 0 Å². The highest BCUT2D eigenvalue weighted by Crippen LogP contribution is 2.37. The first-order chi connectivity index (χ1) is 18.1. The van der Waals surface area contributed by atoms with Crippen molar-refractivity contribution >= 4 is 63.7 Å². The summed E-state index contributed by atoms with van der Waals surface area (Å²) in [6, 6.07) is 11.5. The maximum atomic E-state index is 13.1. The summed E-state index contributed by atoms with van der Waals surface area (Å²) >= 11 is 2.32. The highest BCUT2D eigenvalue weighted by molar-refractivity contribution is 14.2.